The van der Waals surface area contributed by atoms with Crippen molar-refractivity contribution in [1.82, 2.24) is 10.2 Å². The van der Waals surface area contributed by atoms with Crippen molar-refractivity contribution >= 4 is 22.6 Å². The van der Waals surface area contributed by atoms with Gasteiger partial charge in [0.2, 0.25) is 5.91 Å². The number of carbonyl (C=O) groups excluding carboxylic acids is 2. The molecule has 6 nitrogen and oxygen atoms in total. The molecule has 190 valence electrons. The summed E-state index contributed by atoms with van der Waals surface area (Å²) in [5, 5.41) is 5.22. The Bertz CT molecular complexity index is 1170. The molecule has 0 spiro atoms. The number of methoxy groups -OCH3 is 1. The number of benzene rings is 3. The largest absolute Gasteiger partial charge is 0.497 e. The van der Waals surface area contributed by atoms with Gasteiger partial charge in [-0.3, -0.25) is 9.59 Å². The molecule has 0 saturated heterocycles. The number of nitrogens with one attached hydrogen (secondary N) is 1. The quantitative estimate of drug-likeness (QED) is 0.410. The molecule has 3 aromatic rings. The minimum absolute atomic E-state index is 0.0918. The van der Waals surface area contributed by atoms with E-state index in [1.54, 1.807) is 12.0 Å². The molecule has 1 aliphatic carbocycles. The first-order valence-corrected chi connectivity index (χ1v) is 12.9. The van der Waals surface area contributed by atoms with Gasteiger partial charge < -0.3 is 19.7 Å². The summed E-state index contributed by atoms with van der Waals surface area (Å²) in [7, 11) is 1.62. The van der Waals surface area contributed by atoms with Gasteiger partial charge in [0.1, 0.15) is 17.5 Å². The molecule has 1 aliphatic rings. The third kappa shape index (κ3) is 6.36. The first-order valence-electron chi connectivity index (χ1n) is 12.9. The minimum atomic E-state index is -0.582. The van der Waals surface area contributed by atoms with Crippen molar-refractivity contribution in [1.29, 1.82) is 0 Å². The van der Waals surface area contributed by atoms with Crippen molar-refractivity contribution in [3.05, 3.63) is 72.3 Å². The van der Waals surface area contributed by atoms with E-state index in [9.17, 15) is 9.59 Å². The van der Waals surface area contributed by atoms with Crippen molar-refractivity contribution in [3.63, 3.8) is 0 Å². The number of nitrogens with zero attached hydrogens (tertiary/aromatic N) is 1. The monoisotopic (exact) mass is 488 g/mol. The van der Waals surface area contributed by atoms with Crippen LogP contribution in [0.5, 0.6) is 11.5 Å². The fourth-order valence-electron chi connectivity index (χ4n) is 4.98. The molecular formula is C30H36N2O4. The van der Waals surface area contributed by atoms with Crippen LogP contribution in [0.3, 0.4) is 0 Å². The molecule has 36 heavy (non-hydrogen) atoms. The number of carbonyl (C=O) groups is 2. The van der Waals surface area contributed by atoms with Gasteiger partial charge in [-0.15, -0.1) is 0 Å². The molecule has 1 saturated carbocycles. The Morgan fingerprint density at radius 2 is 1.75 bits per heavy atom. The van der Waals surface area contributed by atoms with Crippen molar-refractivity contribution in [2.75, 3.05) is 13.7 Å². The lowest BCUT2D eigenvalue weighted by atomic mass is 9.95. The summed E-state index contributed by atoms with van der Waals surface area (Å²) in [6, 6.07) is 20.9. The second-order valence-electron chi connectivity index (χ2n) is 9.41. The zero-order valence-electron chi connectivity index (χ0n) is 21.2. The van der Waals surface area contributed by atoms with Gasteiger partial charge in [-0.2, -0.15) is 0 Å². The molecule has 4 rings (SSSR count). The van der Waals surface area contributed by atoms with Gasteiger partial charge >= 0.3 is 0 Å². The Kier molecular flexibility index (Phi) is 8.82. The summed E-state index contributed by atoms with van der Waals surface area (Å²) in [5.74, 6) is 1.05. The van der Waals surface area contributed by atoms with Crippen molar-refractivity contribution in [2.45, 2.75) is 64.1 Å². The van der Waals surface area contributed by atoms with Gasteiger partial charge in [0.05, 0.1) is 7.11 Å². The van der Waals surface area contributed by atoms with E-state index in [1.807, 2.05) is 73.7 Å². The van der Waals surface area contributed by atoms with Gasteiger partial charge in [-0.25, -0.2) is 0 Å². The minimum Gasteiger partial charge on any atom is -0.497 e. The summed E-state index contributed by atoms with van der Waals surface area (Å²) in [6.45, 7) is 2.10. The Morgan fingerprint density at radius 3 is 2.53 bits per heavy atom. The molecular weight excluding hydrogens is 452 g/mol. The van der Waals surface area contributed by atoms with Gasteiger partial charge in [-0.05, 0) is 48.4 Å². The molecule has 1 atom stereocenters. The highest BCUT2D eigenvalue weighted by molar-refractivity contribution is 5.90. The lowest BCUT2D eigenvalue weighted by Gasteiger charge is -2.32. The van der Waals surface area contributed by atoms with E-state index < -0.39 is 6.04 Å². The van der Waals surface area contributed by atoms with Gasteiger partial charge in [0.15, 0.2) is 6.61 Å². The highest BCUT2D eigenvalue weighted by atomic mass is 16.5. The average molecular weight is 489 g/mol. The predicted octanol–water partition coefficient (Wildman–Crippen LogP) is 5.48. The van der Waals surface area contributed by atoms with Crippen LogP contribution in [0.15, 0.2) is 66.7 Å². The summed E-state index contributed by atoms with van der Waals surface area (Å²) in [6.07, 6.45) is 5.99. The van der Waals surface area contributed by atoms with E-state index >= 15 is 0 Å². The maximum absolute atomic E-state index is 13.6. The van der Waals surface area contributed by atoms with Crippen molar-refractivity contribution in [2.24, 2.45) is 0 Å². The van der Waals surface area contributed by atoms with E-state index in [1.165, 1.54) is 6.42 Å². The van der Waals surface area contributed by atoms with Crippen molar-refractivity contribution in [3.8, 4) is 11.5 Å². The van der Waals surface area contributed by atoms with Gasteiger partial charge in [-0.1, -0.05) is 74.7 Å². The van der Waals surface area contributed by atoms with Crippen LogP contribution in [0.2, 0.25) is 0 Å². The average Bonchev–Trinajstić information content (AvgIpc) is 2.92. The van der Waals surface area contributed by atoms with Crippen molar-refractivity contribution < 1.29 is 19.1 Å². The van der Waals surface area contributed by atoms with E-state index in [0.717, 1.165) is 42.0 Å². The van der Waals surface area contributed by atoms with Crippen LogP contribution in [0.25, 0.3) is 10.8 Å². The van der Waals surface area contributed by atoms with E-state index in [4.69, 9.17) is 9.47 Å². The molecule has 0 bridgehead atoms. The topological polar surface area (TPSA) is 67.9 Å². The lowest BCUT2D eigenvalue weighted by molar-refractivity contribution is -0.143. The number of amides is 2. The number of hydrogen-bond donors (Lipinski definition) is 1. The number of hydrogen-bond acceptors (Lipinski definition) is 4. The fourth-order valence-corrected chi connectivity index (χ4v) is 4.98. The number of ether oxygens (including phenoxy) is 2. The second kappa shape index (κ2) is 12.4. The van der Waals surface area contributed by atoms with Crippen LogP contribution >= 0.6 is 0 Å². The maximum Gasteiger partial charge on any atom is 0.261 e. The molecule has 0 unspecified atom stereocenters. The zero-order valence-corrected chi connectivity index (χ0v) is 21.2. The molecule has 0 aromatic heterocycles. The van der Waals surface area contributed by atoms with E-state index in [-0.39, 0.29) is 24.5 Å². The molecule has 0 aliphatic heterocycles. The standard InChI is InChI=1S/C30H36N2O4/c1-3-27(30(34)31-24-14-5-4-6-15-24)32(20-22-11-9-16-25(19-22)35-2)29(33)21-36-28-18-10-13-23-12-7-8-17-26(23)28/h7-13,16-19,24,27H,3-6,14-15,20-21H2,1-2H3,(H,31,34)/t27-/m0/s1. The van der Waals surface area contributed by atoms with Gasteiger partial charge in [0.25, 0.3) is 5.91 Å². The molecule has 0 radical (unpaired) electrons. The predicted molar refractivity (Wildman–Crippen MR) is 142 cm³/mol. The van der Waals surface area contributed by atoms with Crippen LogP contribution in [0.1, 0.15) is 51.0 Å². The maximum atomic E-state index is 13.6. The third-order valence-corrected chi connectivity index (χ3v) is 6.93. The van der Waals surface area contributed by atoms with Crippen LogP contribution in [-0.4, -0.2) is 42.5 Å². The van der Waals surface area contributed by atoms with E-state index in [0.29, 0.717) is 24.5 Å². The summed E-state index contributed by atoms with van der Waals surface area (Å²) in [4.78, 5) is 28.6. The SMILES string of the molecule is CC[C@@H](C(=O)NC1CCCCC1)N(Cc1cccc(OC)c1)C(=O)COc1cccc2ccccc12. The summed E-state index contributed by atoms with van der Waals surface area (Å²) >= 11 is 0. The summed E-state index contributed by atoms with van der Waals surface area (Å²) in [5.41, 5.74) is 0.900. The molecule has 3 aromatic carbocycles. The number of fused-ring (bicyclic) bond motifs is 1. The van der Waals surface area contributed by atoms with Crippen LogP contribution < -0.4 is 14.8 Å². The Hall–Kier alpha value is -3.54. The number of rotatable bonds is 10. The second-order valence-corrected chi connectivity index (χ2v) is 9.41. The smallest absolute Gasteiger partial charge is 0.261 e. The third-order valence-electron chi connectivity index (χ3n) is 6.93. The molecule has 1 N–H and O–H groups in total. The Labute approximate surface area is 213 Å². The molecule has 0 heterocycles. The molecule has 6 heteroatoms. The Morgan fingerprint density at radius 1 is 1.00 bits per heavy atom. The van der Waals surface area contributed by atoms with E-state index in [2.05, 4.69) is 5.32 Å². The highest BCUT2D eigenvalue weighted by Crippen LogP contribution is 2.26. The molecule has 1 fully saturated rings. The van der Waals surface area contributed by atoms with Crippen LogP contribution in [0.4, 0.5) is 0 Å². The molecule has 2 amide bonds. The van der Waals surface area contributed by atoms with Gasteiger partial charge in [0, 0.05) is 18.0 Å². The first kappa shape index (κ1) is 25.5. The van der Waals surface area contributed by atoms with Crippen LogP contribution in [0, 0.1) is 0 Å². The Balaban J connectivity index is 1.54. The summed E-state index contributed by atoms with van der Waals surface area (Å²) < 4.78 is 11.4. The fraction of sp³-hybridized carbons (Fsp3) is 0.400. The lowest BCUT2D eigenvalue weighted by Crippen LogP contribution is -2.52. The zero-order chi connectivity index (χ0) is 25.3. The normalized spacial score (nSPS) is 14.7. The highest BCUT2D eigenvalue weighted by Gasteiger charge is 2.30. The first-order chi connectivity index (χ1) is 17.6. The van der Waals surface area contributed by atoms with Crippen LogP contribution in [-0.2, 0) is 16.1 Å².